The first kappa shape index (κ1) is 18.6. The molecule has 1 aliphatic heterocycles. The van der Waals surface area contributed by atoms with Gasteiger partial charge in [-0.3, -0.25) is 9.59 Å². The average Bonchev–Trinajstić information content (AvgIpc) is 3.57. The largest absolute Gasteiger partial charge is 0.423 e. The molecule has 2 saturated carbocycles. The average molecular weight is 413 g/mol. The molecule has 0 unspecified atom stereocenters. The van der Waals surface area contributed by atoms with Gasteiger partial charge < -0.3 is 4.74 Å². The molecule has 1 heterocycles. The molecule has 2 amide bonds. The Morgan fingerprint density at radius 1 is 0.968 bits per heavy atom. The standard InChI is InChI=1S/C26H23NO4/c1-2-14-6-8-17(9-7-14)31-26(30)15-4-3-5-16(12-15)27-24(28)22-18-10-11-19(21-13-20(18)21)23(22)25(27)29/h3-12,18-23H,2,13H2,1H3/t18-,19-,20-,21-,22+,23+/m0/s1. The minimum absolute atomic E-state index is 0.125. The number of hydrogen-bond donors (Lipinski definition) is 0. The summed E-state index contributed by atoms with van der Waals surface area (Å²) in [6.07, 6.45) is 6.36. The Morgan fingerprint density at radius 2 is 1.61 bits per heavy atom. The third kappa shape index (κ3) is 2.72. The lowest BCUT2D eigenvalue weighted by atomic mass is 9.63. The number of hydrogen-bond acceptors (Lipinski definition) is 4. The van der Waals surface area contributed by atoms with E-state index >= 15 is 0 Å². The Kier molecular flexibility index (Phi) is 3.98. The molecule has 1 saturated heterocycles. The van der Waals surface area contributed by atoms with Crippen molar-refractivity contribution in [3.8, 4) is 5.75 Å². The van der Waals surface area contributed by atoms with Crippen LogP contribution in [0.2, 0.25) is 0 Å². The van der Waals surface area contributed by atoms with E-state index in [2.05, 4.69) is 19.1 Å². The van der Waals surface area contributed by atoms with E-state index < -0.39 is 5.97 Å². The van der Waals surface area contributed by atoms with Crippen molar-refractivity contribution < 1.29 is 19.1 Å². The molecule has 31 heavy (non-hydrogen) atoms. The summed E-state index contributed by atoms with van der Waals surface area (Å²) in [5, 5.41) is 0. The number of ether oxygens (including phenoxy) is 1. The van der Waals surface area contributed by atoms with Gasteiger partial charge in [0.1, 0.15) is 5.75 Å². The first-order valence-corrected chi connectivity index (χ1v) is 11.0. The number of carbonyl (C=O) groups excluding carboxylic acids is 3. The van der Waals surface area contributed by atoms with Crippen LogP contribution in [-0.2, 0) is 16.0 Å². The quantitative estimate of drug-likeness (QED) is 0.329. The highest BCUT2D eigenvalue weighted by molar-refractivity contribution is 6.23. The first-order valence-electron chi connectivity index (χ1n) is 11.0. The zero-order chi connectivity index (χ0) is 21.3. The molecule has 0 N–H and O–H groups in total. The fourth-order valence-corrected chi connectivity index (χ4v) is 5.94. The maximum atomic E-state index is 13.3. The number of esters is 1. The highest BCUT2D eigenvalue weighted by Crippen LogP contribution is 2.65. The van der Waals surface area contributed by atoms with E-state index in [4.69, 9.17) is 4.74 Å². The van der Waals surface area contributed by atoms with Crippen molar-refractivity contribution in [2.75, 3.05) is 4.90 Å². The zero-order valence-corrected chi connectivity index (χ0v) is 17.2. The number of nitrogens with zero attached hydrogens (tertiary/aromatic N) is 1. The molecule has 156 valence electrons. The van der Waals surface area contributed by atoms with Gasteiger partial charge in [-0.25, -0.2) is 9.69 Å². The lowest BCUT2D eigenvalue weighted by Crippen LogP contribution is -2.40. The molecule has 0 aromatic heterocycles. The summed E-state index contributed by atoms with van der Waals surface area (Å²) in [6.45, 7) is 2.06. The molecular weight excluding hydrogens is 390 g/mol. The minimum Gasteiger partial charge on any atom is -0.423 e. The molecule has 2 bridgehead atoms. The lowest BCUT2D eigenvalue weighted by Gasteiger charge is -2.37. The monoisotopic (exact) mass is 413 g/mol. The molecule has 7 rings (SSSR count). The van der Waals surface area contributed by atoms with E-state index in [0.717, 1.165) is 18.4 Å². The van der Waals surface area contributed by atoms with E-state index in [-0.39, 0.29) is 35.5 Å². The van der Waals surface area contributed by atoms with Crippen LogP contribution in [0, 0.1) is 35.5 Å². The van der Waals surface area contributed by atoms with Crippen molar-refractivity contribution >= 4 is 23.5 Å². The fourth-order valence-electron chi connectivity index (χ4n) is 5.94. The summed E-state index contributed by atoms with van der Waals surface area (Å²) in [6, 6.07) is 14.0. The van der Waals surface area contributed by atoms with E-state index in [9.17, 15) is 14.4 Å². The van der Waals surface area contributed by atoms with Gasteiger partial charge in [0.05, 0.1) is 23.1 Å². The first-order chi connectivity index (χ1) is 15.1. The smallest absolute Gasteiger partial charge is 0.343 e. The SMILES string of the molecule is CCc1ccc(OC(=O)c2cccc(N3C(=O)[C@@H]4[C@H]5C=C[C@@H]([C@@H]6C[C@@H]56)[C@H]4C3=O)c2)cc1. The van der Waals surface area contributed by atoms with Crippen molar-refractivity contribution in [3.05, 3.63) is 71.8 Å². The summed E-state index contributed by atoms with van der Waals surface area (Å²) in [7, 11) is 0. The topological polar surface area (TPSA) is 63.7 Å². The summed E-state index contributed by atoms with van der Waals surface area (Å²) in [4.78, 5) is 40.6. The van der Waals surface area contributed by atoms with Crippen molar-refractivity contribution in [1.29, 1.82) is 0 Å². The highest BCUT2D eigenvalue weighted by atomic mass is 16.5. The minimum atomic E-state index is -0.509. The van der Waals surface area contributed by atoms with Crippen molar-refractivity contribution in [2.24, 2.45) is 35.5 Å². The van der Waals surface area contributed by atoms with Crippen molar-refractivity contribution in [1.82, 2.24) is 0 Å². The third-order valence-corrected chi connectivity index (χ3v) is 7.55. The van der Waals surface area contributed by atoms with Gasteiger partial charge in [0.15, 0.2) is 0 Å². The van der Waals surface area contributed by atoms with Crippen molar-refractivity contribution in [3.63, 3.8) is 0 Å². The molecule has 2 aromatic rings. The molecule has 3 fully saturated rings. The van der Waals surface area contributed by atoms with Crippen LogP contribution < -0.4 is 9.64 Å². The van der Waals surface area contributed by atoms with Gasteiger partial charge in [-0.2, -0.15) is 0 Å². The van der Waals surface area contributed by atoms with Gasteiger partial charge in [-0.15, -0.1) is 0 Å². The summed E-state index contributed by atoms with van der Waals surface area (Å²) in [5.74, 6) is 0.695. The van der Waals surface area contributed by atoms with Crippen LogP contribution in [-0.4, -0.2) is 17.8 Å². The second-order valence-corrected chi connectivity index (χ2v) is 9.10. The molecule has 4 aliphatic carbocycles. The van der Waals surface area contributed by atoms with Crippen LogP contribution in [0.5, 0.6) is 5.75 Å². The molecule has 5 nitrogen and oxygen atoms in total. The lowest BCUT2D eigenvalue weighted by molar-refractivity contribution is -0.124. The van der Waals surface area contributed by atoms with Gasteiger partial charge >= 0.3 is 5.97 Å². The predicted molar refractivity (Wildman–Crippen MR) is 114 cm³/mol. The van der Waals surface area contributed by atoms with Gasteiger partial charge in [0.25, 0.3) is 0 Å². The van der Waals surface area contributed by atoms with Crippen LogP contribution in [0.25, 0.3) is 0 Å². The summed E-state index contributed by atoms with van der Waals surface area (Å²) >= 11 is 0. The number of carbonyl (C=O) groups is 3. The van der Waals surface area contributed by atoms with Gasteiger partial charge in [0, 0.05) is 0 Å². The van der Waals surface area contributed by atoms with Crippen molar-refractivity contribution in [2.45, 2.75) is 19.8 Å². The van der Waals surface area contributed by atoms with E-state index in [0.29, 0.717) is 28.8 Å². The van der Waals surface area contributed by atoms with Crippen LogP contribution in [0.4, 0.5) is 5.69 Å². The molecular formula is C26H23NO4. The predicted octanol–water partition coefficient (Wildman–Crippen LogP) is 4.03. The number of amides is 2. The van der Waals surface area contributed by atoms with Gasteiger partial charge in [-0.1, -0.05) is 37.3 Å². The zero-order valence-electron chi connectivity index (χ0n) is 17.2. The molecule has 5 aliphatic rings. The Balaban J connectivity index is 1.26. The second-order valence-electron chi connectivity index (χ2n) is 9.10. The highest BCUT2D eigenvalue weighted by Gasteiger charge is 2.67. The Labute approximate surface area is 180 Å². The third-order valence-electron chi connectivity index (χ3n) is 7.55. The number of anilines is 1. The van der Waals surface area contributed by atoms with E-state index in [1.54, 1.807) is 36.4 Å². The Hall–Kier alpha value is -3.21. The number of allylic oxidation sites excluding steroid dienone is 2. The van der Waals surface area contributed by atoms with Gasteiger partial charge in [0.2, 0.25) is 11.8 Å². The second kappa shape index (κ2) is 6.64. The number of rotatable bonds is 4. The summed E-state index contributed by atoms with van der Waals surface area (Å²) < 4.78 is 5.49. The van der Waals surface area contributed by atoms with Crippen LogP contribution >= 0.6 is 0 Å². The maximum Gasteiger partial charge on any atom is 0.343 e. The van der Waals surface area contributed by atoms with E-state index in [1.807, 2.05) is 12.1 Å². The van der Waals surface area contributed by atoms with Gasteiger partial charge in [-0.05, 0) is 72.4 Å². The molecule has 5 heteroatoms. The summed E-state index contributed by atoms with van der Waals surface area (Å²) in [5.41, 5.74) is 1.93. The van der Waals surface area contributed by atoms with Crippen LogP contribution in [0.1, 0.15) is 29.3 Å². The Bertz CT molecular complexity index is 1100. The molecule has 0 spiro atoms. The molecule has 2 aromatic carbocycles. The normalized spacial score (nSPS) is 32.1. The van der Waals surface area contributed by atoms with E-state index in [1.165, 1.54) is 4.90 Å². The maximum absolute atomic E-state index is 13.3. The number of imide groups is 1. The molecule has 0 radical (unpaired) electrons. The molecule has 6 atom stereocenters. The van der Waals surface area contributed by atoms with Crippen LogP contribution in [0.15, 0.2) is 60.7 Å². The van der Waals surface area contributed by atoms with Crippen LogP contribution in [0.3, 0.4) is 0 Å². The Morgan fingerprint density at radius 3 is 2.23 bits per heavy atom. The number of aryl methyl sites for hydroxylation is 1. The number of benzene rings is 2. The fraction of sp³-hybridized carbons (Fsp3) is 0.346.